The van der Waals surface area contributed by atoms with Gasteiger partial charge in [0.1, 0.15) is 5.44 Å². The predicted octanol–water partition coefficient (Wildman–Crippen LogP) is 3.93. The molecule has 84 valence electrons. The van der Waals surface area contributed by atoms with Crippen LogP contribution < -0.4 is 0 Å². The van der Waals surface area contributed by atoms with Crippen LogP contribution in [0.15, 0.2) is 0 Å². The maximum Gasteiger partial charge on any atom is 0.104 e. The Labute approximate surface area is 93.0 Å². The zero-order chi connectivity index (χ0) is 11.0. The second-order valence-electron chi connectivity index (χ2n) is 6.52. The lowest BCUT2D eigenvalue weighted by molar-refractivity contribution is -0.0137. The molecule has 14 heavy (non-hydrogen) atoms. The summed E-state index contributed by atoms with van der Waals surface area (Å²) >= 11 is 1.98. The standard InChI is InChI=1S/C12H24OS/c1-11(2,3)7-10-13-9(8-14-10)12(4,5)6/h9-10H,7-8H2,1-6H3. The van der Waals surface area contributed by atoms with Gasteiger partial charge < -0.3 is 4.74 Å². The molecule has 0 radical (unpaired) electrons. The summed E-state index contributed by atoms with van der Waals surface area (Å²) in [7, 11) is 0. The molecular formula is C12H24OS. The quantitative estimate of drug-likeness (QED) is 0.657. The van der Waals surface area contributed by atoms with Gasteiger partial charge in [0, 0.05) is 5.75 Å². The average Bonchev–Trinajstić information content (AvgIpc) is 2.29. The van der Waals surface area contributed by atoms with Crippen molar-refractivity contribution >= 4 is 11.8 Å². The average molecular weight is 216 g/mol. The van der Waals surface area contributed by atoms with Gasteiger partial charge in [0.05, 0.1) is 6.10 Å². The smallest absolute Gasteiger partial charge is 0.104 e. The van der Waals surface area contributed by atoms with Gasteiger partial charge in [-0.05, 0) is 17.3 Å². The van der Waals surface area contributed by atoms with Crippen LogP contribution in [0.1, 0.15) is 48.0 Å². The fourth-order valence-corrected chi connectivity index (χ4v) is 3.32. The molecule has 0 amide bonds. The summed E-state index contributed by atoms with van der Waals surface area (Å²) in [6.45, 7) is 13.6. The van der Waals surface area contributed by atoms with E-state index < -0.39 is 0 Å². The molecule has 2 heteroatoms. The van der Waals surface area contributed by atoms with E-state index in [2.05, 4.69) is 41.5 Å². The van der Waals surface area contributed by atoms with Crippen molar-refractivity contribution in [1.82, 2.24) is 0 Å². The van der Waals surface area contributed by atoms with Crippen LogP contribution in [0.3, 0.4) is 0 Å². The van der Waals surface area contributed by atoms with Crippen LogP contribution >= 0.6 is 11.8 Å². The molecule has 1 aliphatic rings. The van der Waals surface area contributed by atoms with Gasteiger partial charge in [0.2, 0.25) is 0 Å². The first-order valence-corrected chi connectivity index (χ1v) is 6.50. The first kappa shape index (κ1) is 12.4. The van der Waals surface area contributed by atoms with Gasteiger partial charge in [-0.2, -0.15) is 0 Å². The van der Waals surface area contributed by atoms with Crippen molar-refractivity contribution < 1.29 is 4.74 Å². The fourth-order valence-electron chi connectivity index (χ4n) is 1.52. The molecule has 2 unspecified atom stereocenters. The van der Waals surface area contributed by atoms with Crippen molar-refractivity contribution in [3.8, 4) is 0 Å². The Kier molecular flexibility index (Phi) is 3.58. The lowest BCUT2D eigenvalue weighted by Crippen LogP contribution is -2.29. The van der Waals surface area contributed by atoms with Crippen molar-refractivity contribution in [3.05, 3.63) is 0 Å². The Morgan fingerprint density at radius 2 is 1.71 bits per heavy atom. The molecule has 1 aliphatic heterocycles. The highest BCUT2D eigenvalue weighted by Gasteiger charge is 2.35. The van der Waals surface area contributed by atoms with E-state index in [1.165, 1.54) is 0 Å². The highest BCUT2D eigenvalue weighted by Crippen LogP contribution is 2.39. The Balaban J connectivity index is 2.42. The van der Waals surface area contributed by atoms with E-state index in [9.17, 15) is 0 Å². The highest BCUT2D eigenvalue weighted by atomic mass is 32.2. The van der Waals surface area contributed by atoms with Crippen LogP contribution in [-0.2, 0) is 4.74 Å². The molecule has 0 aromatic carbocycles. The predicted molar refractivity (Wildman–Crippen MR) is 64.6 cm³/mol. The number of thioether (sulfide) groups is 1. The van der Waals surface area contributed by atoms with Gasteiger partial charge >= 0.3 is 0 Å². The minimum Gasteiger partial charge on any atom is -0.363 e. The third kappa shape index (κ3) is 3.82. The maximum atomic E-state index is 6.06. The van der Waals surface area contributed by atoms with Gasteiger partial charge in [0.25, 0.3) is 0 Å². The number of hydrogen-bond donors (Lipinski definition) is 0. The number of ether oxygens (including phenoxy) is 1. The SMILES string of the molecule is CC(C)(C)CC1OC(C(C)(C)C)CS1. The minimum atomic E-state index is 0.291. The molecule has 1 saturated heterocycles. The summed E-state index contributed by atoms with van der Waals surface area (Å²) in [5.74, 6) is 1.16. The van der Waals surface area contributed by atoms with Gasteiger partial charge in [0.15, 0.2) is 0 Å². The Morgan fingerprint density at radius 3 is 2.07 bits per heavy atom. The molecule has 1 fully saturated rings. The molecule has 0 aromatic rings. The Bertz CT molecular complexity index is 187. The molecule has 1 heterocycles. The molecule has 2 atom stereocenters. The fraction of sp³-hybridized carbons (Fsp3) is 1.00. The Morgan fingerprint density at radius 1 is 1.14 bits per heavy atom. The summed E-state index contributed by atoms with van der Waals surface area (Å²) in [6, 6.07) is 0. The molecule has 0 aliphatic carbocycles. The van der Waals surface area contributed by atoms with Crippen molar-refractivity contribution in [1.29, 1.82) is 0 Å². The first-order chi connectivity index (χ1) is 6.18. The molecule has 0 saturated carbocycles. The van der Waals surface area contributed by atoms with Crippen molar-refractivity contribution in [2.75, 3.05) is 5.75 Å². The topological polar surface area (TPSA) is 9.23 Å². The van der Waals surface area contributed by atoms with Gasteiger partial charge in [-0.3, -0.25) is 0 Å². The van der Waals surface area contributed by atoms with Crippen LogP contribution in [0.2, 0.25) is 0 Å². The van der Waals surface area contributed by atoms with E-state index in [0.717, 1.165) is 12.2 Å². The summed E-state index contributed by atoms with van der Waals surface area (Å²) in [5.41, 5.74) is 1.09. The van der Waals surface area contributed by atoms with E-state index in [-0.39, 0.29) is 0 Å². The lowest BCUT2D eigenvalue weighted by Gasteiger charge is -2.27. The highest BCUT2D eigenvalue weighted by molar-refractivity contribution is 8.00. The summed E-state index contributed by atoms with van der Waals surface area (Å²) in [5, 5.41) is 0. The molecule has 1 nitrogen and oxygen atoms in total. The Hall–Kier alpha value is 0.310. The van der Waals surface area contributed by atoms with E-state index in [4.69, 9.17) is 4.74 Å². The zero-order valence-corrected chi connectivity index (χ0v) is 11.2. The summed E-state index contributed by atoms with van der Waals surface area (Å²) in [4.78, 5) is 0. The van der Waals surface area contributed by atoms with Crippen molar-refractivity contribution in [3.63, 3.8) is 0 Å². The second kappa shape index (κ2) is 4.05. The monoisotopic (exact) mass is 216 g/mol. The van der Waals surface area contributed by atoms with Crippen LogP contribution in [0, 0.1) is 10.8 Å². The normalized spacial score (nSPS) is 29.6. The van der Waals surface area contributed by atoms with Crippen LogP contribution in [0.4, 0.5) is 0 Å². The third-order valence-electron chi connectivity index (χ3n) is 2.49. The lowest BCUT2D eigenvalue weighted by atomic mass is 9.89. The number of hydrogen-bond acceptors (Lipinski definition) is 2. The van der Waals surface area contributed by atoms with E-state index in [0.29, 0.717) is 22.4 Å². The van der Waals surface area contributed by atoms with Crippen LogP contribution in [-0.4, -0.2) is 17.3 Å². The first-order valence-electron chi connectivity index (χ1n) is 5.45. The van der Waals surface area contributed by atoms with Crippen molar-refractivity contribution in [2.24, 2.45) is 10.8 Å². The molecular weight excluding hydrogens is 192 g/mol. The van der Waals surface area contributed by atoms with Crippen molar-refractivity contribution in [2.45, 2.75) is 59.5 Å². The molecule has 0 aromatic heterocycles. The minimum absolute atomic E-state index is 0.291. The molecule has 1 rings (SSSR count). The van der Waals surface area contributed by atoms with Gasteiger partial charge in [-0.25, -0.2) is 0 Å². The van der Waals surface area contributed by atoms with Gasteiger partial charge in [-0.1, -0.05) is 41.5 Å². The van der Waals surface area contributed by atoms with Gasteiger partial charge in [-0.15, -0.1) is 11.8 Å². The molecule has 0 spiro atoms. The summed E-state index contributed by atoms with van der Waals surface area (Å²) in [6.07, 6.45) is 1.59. The molecule has 0 bridgehead atoms. The summed E-state index contributed by atoms with van der Waals surface area (Å²) < 4.78 is 6.06. The van der Waals surface area contributed by atoms with E-state index in [1.807, 2.05) is 11.8 Å². The van der Waals surface area contributed by atoms with E-state index in [1.54, 1.807) is 0 Å². The van der Waals surface area contributed by atoms with E-state index >= 15 is 0 Å². The zero-order valence-electron chi connectivity index (χ0n) is 10.4. The number of rotatable bonds is 1. The third-order valence-corrected chi connectivity index (χ3v) is 3.64. The molecule has 0 N–H and O–H groups in total. The van der Waals surface area contributed by atoms with Crippen LogP contribution in [0.25, 0.3) is 0 Å². The van der Waals surface area contributed by atoms with Crippen LogP contribution in [0.5, 0.6) is 0 Å². The maximum absolute atomic E-state index is 6.06. The largest absolute Gasteiger partial charge is 0.363 e. The second-order valence-corrected chi connectivity index (χ2v) is 7.71.